The highest BCUT2D eigenvalue weighted by Crippen LogP contribution is 2.32. The number of para-hydroxylation sites is 1. The molecule has 2 N–H and O–H groups in total. The van der Waals surface area contributed by atoms with Crippen LogP contribution in [0.15, 0.2) is 72.9 Å². The van der Waals surface area contributed by atoms with Crippen molar-refractivity contribution in [2.45, 2.75) is 32.4 Å². The van der Waals surface area contributed by atoms with Crippen molar-refractivity contribution in [3.63, 3.8) is 0 Å². The number of nitrogens with two attached hydrogens (primary N) is 1. The van der Waals surface area contributed by atoms with Crippen LogP contribution in [-0.4, -0.2) is 25.6 Å². The van der Waals surface area contributed by atoms with Crippen LogP contribution in [0.3, 0.4) is 0 Å². The lowest BCUT2D eigenvalue weighted by Gasteiger charge is -2.14. The van der Waals surface area contributed by atoms with Gasteiger partial charge in [0.15, 0.2) is 10.7 Å². The highest BCUT2D eigenvalue weighted by atomic mass is 32.2. The third-order valence-corrected chi connectivity index (χ3v) is 6.23. The van der Waals surface area contributed by atoms with Gasteiger partial charge in [0.1, 0.15) is 18.2 Å². The number of thiol groups is 1. The van der Waals surface area contributed by atoms with E-state index in [9.17, 15) is 13.2 Å². The maximum atomic E-state index is 12.0. The van der Waals surface area contributed by atoms with Crippen LogP contribution in [0.1, 0.15) is 23.6 Å². The molecule has 0 unspecified atom stereocenters. The maximum absolute atomic E-state index is 12.0. The van der Waals surface area contributed by atoms with Gasteiger partial charge in [0.25, 0.3) is 0 Å². The molecule has 0 bridgehead atoms. The Morgan fingerprint density at radius 2 is 1.83 bits per heavy atom. The van der Waals surface area contributed by atoms with Gasteiger partial charge < -0.3 is 19.8 Å². The molecule has 182 valence electrons. The van der Waals surface area contributed by atoms with E-state index in [1.807, 2.05) is 66.7 Å². The van der Waals surface area contributed by atoms with E-state index in [0.717, 1.165) is 38.7 Å². The zero-order chi connectivity index (χ0) is 24.8. The molecule has 0 saturated heterocycles. The molecule has 0 aliphatic heterocycles. The van der Waals surface area contributed by atoms with Crippen molar-refractivity contribution in [3.8, 4) is 16.9 Å². The number of hydrogen-bond donors (Lipinski definition) is 2. The second-order valence-corrected chi connectivity index (χ2v) is 9.07. The predicted octanol–water partition coefficient (Wildman–Crippen LogP) is 4.02. The van der Waals surface area contributed by atoms with Gasteiger partial charge in [-0.3, -0.25) is 4.79 Å². The molecule has 0 saturated carbocycles. The van der Waals surface area contributed by atoms with Crippen molar-refractivity contribution in [1.82, 2.24) is 4.57 Å². The van der Waals surface area contributed by atoms with Crippen LogP contribution < -0.4 is 10.5 Å². The smallest absolute Gasteiger partial charge is 0.310 e. The molecule has 1 heterocycles. The second-order valence-electron chi connectivity index (χ2n) is 8.12. The Labute approximate surface area is 206 Å². The zero-order valence-corrected chi connectivity index (χ0v) is 20.4. The van der Waals surface area contributed by atoms with Gasteiger partial charge in [-0.25, -0.2) is 8.42 Å². The molecule has 0 spiro atoms. The Morgan fingerprint density at radius 1 is 1.00 bits per heavy atom. The molecule has 35 heavy (non-hydrogen) atoms. The zero-order valence-electron chi connectivity index (χ0n) is 19.5. The summed E-state index contributed by atoms with van der Waals surface area (Å²) in [6, 6.07) is 21.3. The van der Waals surface area contributed by atoms with E-state index < -0.39 is 10.7 Å². The summed E-state index contributed by atoms with van der Waals surface area (Å²) in [5.74, 6) is 0.190. The topological polar surface area (TPSA) is 101 Å². The first-order valence-corrected chi connectivity index (χ1v) is 12.7. The molecule has 4 aromatic rings. The molecule has 0 amide bonds. The summed E-state index contributed by atoms with van der Waals surface area (Å²) in [6.07, 6.45) is 1.91. The van der Waals surface area contributed by atoms with Gasteiger partial charge in [-0.15, -0.1) is 0 Å². The molecule has 1 aromatic heterocycles. The first-order valence-electron chi connectivity index (χ1n) is 11.4. The summed E-state index contributed by atoms with van der Waals surface area (Å²) < 4.78 is 35.8. The lowest BCUT2D eigenvalue weighted by molar-refractivity contribution is -0.142. The van der Waals surface area contributed by atoms with E-state index >= 15 is 0 Å². The van der Waals surface area contributed by atoms with Gasteiger partial charge in [0.2, 0.25) is 0 Å². The Morgan fingerprint density at radius 3 is 2.60 bits per heavy atom. The second kappa shape index (κ2) is 11.2. The lowest BCUT2D eigenvalue weighted by atomic mass is 9.97. The highest BCUT2D eigenvalue weighted by Gasteiger charge is 2.14. The van der Waals surface area contributed by atoms with Gasteiger partial charge in [-0.1, -0.05) is 36.4 Å². The molecule has 0 aliphatic rings. The van der Waals surface area contributed by atoms with Gasteiger partial charge in [0.05, 0.1) is 13.0 Å². The highest BCUT2D eigenvalue weighted by molar-refractivity contribution is 7.71. The quantitative estimate of drug-likeness (QED) is 0.256. The Hall–Kier alpha value is -3.62. The van der Waals surface area contributed by atoms with Gasteiger partial charge >= 0.3 is 5.97 Å². The predicted molar refractivity (Wildman–Crippen MR) is 137 cm³/mol. The number of ether oxygens (including phenoxy) is 2. The summed E-state index contributed by atoms with van der Waals surface area (Å²) >= 11 is 0. The molecule has 3 aromatic carbocycles. The number of nitrogens with zero attached hydrogens (tertiary/aromatic N) is 1. The first-order chi connectivity index (χ1) is 17.0. The van der Waals surface area contributed by atoms with Gasteiger partial charge in [0, 0.05) is 29.2 Å². The molecule has 7 nitrogen and oxygen atoms in total. The minimum Gasteiger partial charge on any atom is -0.489 e. The monoisotopic (exact) mass is 492 g/mol. The van der Waals surface area contributed by atoms with Crippen LogP contribution in [0.25, 0.3) is 22.0 Å². The number of carbonyl (C=O) groups is 1. The maximum Gasteiger partial charge on any atom is 0.310 e. The number of carbonyl (C=O) groups excluding carboxylic acids is 1. The minimum atomic E-state index is -2.59. The number of esters is 1. The van der Waals surface area contributed by atoms with E-state index in [0.29, 0.717) is 18.9 Å². The van der Waals surface area contributed by atoms with E-state index in [1.165, 1.54) is 0 Å². The fourth-order valence-electron chi connectivity index (χ4n) is 4.11. The third kappa shape index (κ3) is 5.90. The summed E-state index contributed by atoms with van der Waals surface area (Å²) in [4.78, 5) is 12.0. The van der Waals surface area contributed by atoms with Crippen molar-refractivity contribution in [2.24, 2.45) is 5.73 Å². The summed E-state index contributed by atoms with van der Waals surface area (Å²) in [5, 5.41) is 0.947. The SMILES string of the molecule is CCOC(=O)Cc1ccccc1OCc1cc(-c2cccc(CN)c2)c2ccn(C[SH](=O)=O)c2c1. The summed E-state index contributed by atoms with van der Waals surface area (Å²) in [6.45, 7) is 2.77. The average Bonchev–Trinajstić information content (AvgIpc) is 3.25. The van der Waals surface area contributed by atoms with E-state index in [-0.39, 0.29) is 24.9 Å². The normalized spacial score (nSPS) is 11.2. The molecule has 0 aliphatic carbocycles. The molecule has 0 radical (unpaired) electrons. The standard InChI is InChI=1S/C27H28N2O5S/c1-2-33-27(30)15-22-7-3-4-9-26(22)34-17-20-13-24(21-8-5-6-19(12-21)16-28)23-10-11-29(18-35(31)32)25(23)14-20/h3-14,35H,2,15-18,28H2,1H3. The number of hydrogen-bond acceptors (Lipinski definition) is 6. The lowest BCUT2D eigenvalue weighted by Crippen LogP contribution is -2.09. The first kappa shape index (κ1) is 24.5. The minimum absolute atomic E-state index is 0.103. The van der Waals surface area contributed by atoms with Crippen LogP contribution in [0.2, 0.25) is 0 Å². The fraction of sp³-hybridized carbons (Fsp3) is 0.222. The number of aromatic nitrogens is 1. The number of rotatable bonds is 10. The van der Waals surface area contributed by atoms with E-state index in [2.05, 4.69) is 0 Å². The summed E-state index contributed by atoms with van der Waals surface area (Å²) in [5.41, 5.74) is 11.2. The Balaban J connectivity index is 1.71. The largest absolute Gasteiger partial charge is 0.489 e. The average molecular weight is 493 g/mol. The van der Waals surface area contributed by atoms with Crippen molar-refractivity contribution in [1.29, 1.82) is 0 Å². The van der Waals surface area contributed by atoms with Crippen molar-refractivity contribution < 1.29 is 22.7 Å². The van der Waals surface area contributed by atoms with Crippen LogP contribution in [0.4, 0.5) is 0 Å². The van der Waals surface area contributed by atoms with Crippen LogP contribution in [-0.2, 0) is 45.7 Å². The molecule has 0 fully saturated rings. The van der Waals surface area contributed by atoms with Crippen LogP contribution in [0.5, 0.6) is 5.75 Å². The van der Waals surface area contributed by atoms with Crippen molar-refractivity contribution in [3.05, 3.63) is 89.6 Å². The molecular formula is C27H28N2O5S. The van der Waals surface area contributed by atoms with Crippen LogP contribution >= 0.6 is 0 Å². The molecule has 8 heteroatoms. The van der Waals surface area contributed by atoms with Gasteiger partial charge in [-0.05, 0) is 59.5 Å². The summed E-state index contributed by atoms with van der Waals surface area (Å²) in [7, 11) is -2.59. The Kier molecular flexibility index (Phi) is 7.84. The number of fused-ring (bicyclic) bond motifs is 1. The van der Waals surface area contributed by atoms with E-state index in [1.54, 1.807) is 17.7 Å². The van der Waals surface area contributed by atoms with Gasteiger partial charge in [-0.2, -0.15) is 0 Å². The molecular weight excluding hydrogens is 464 g/mol. The van der Waals surface area contributed by atoms with E-state index in [4.69, 9.17) is 15.2 Å². The molecule has 0 atom stereocenters. The van der Waals surface area contributed by atoms with Crippen LogP contribution in [0, 0.1) is 0 Å². The third-order valence-electron chi connectivity index (χ3n) is 5.70. The fourth-order valence-corrected chi connectivity index (χ4v) is 4.60. The number of benzene rings is 3. The van der Waals surface area contributed by atoms with Crippen molar-refractivity contribution >= 4 is 27.6 Å². The van der Waals surface area contributed by atoms with Crippen molar-refractivity contribution in [2.75, 3.05) is 6.61 Å². The molecule has 4 rings (SSSR count). The Bertz CT molecular complexity index is 1420.